The highest BCUT2D eigenvalue weighted by molar-refractivity contribution is 5.64. The molecule has 0 radical (unpaired) electrons. The largest absolute Gasteiger partial charge is 0.313 e. The van der Waals surface area contributed by atoms with Gasteiger partial charge in [-0.3, -0.25) is 0 Å². The van der Waals surface area contributed by atoms with E-state index in [1.807, 2.05) is 0 Å². The number of hydrogen-bond donors (Lipinski definition) is 1. The molecule has 0 atom stereocenters. The molecule has 19 heavy (non-hydrogen) atoms. The van der Waals surface area contributed by atoms with Gasteiger partial charge in [0.25, 0.3) is 0 Å². The van der Waals surface area contributed by atoms with Gasteiger partial charge in [0.05, 0.1) is 0 Å². The molecule has 0 saturated heterocycles. The maximum atomic E-state index is 3.37. The van der Waals surface area contributed by atoms with Crippen LogP contribution in [0.2, 0.25) is 0 Å². The van der Waals surface area contributed by atoms with Crippen LogP contribution >= 0.6 is 0 Å². The molecule has 1 heteroatoms. The second-order valence-electron chi connectivity index (χ2n) is 4.93. The quantitative estimate of drug-likeness (QED) is 0.803. The van der Waals surface area contributed by atoms with Crippen LogP contribution < -0.4 is 5.32 Å². The van der Waals surface area contributed by atoms with E-state index in [-0.39, 0.29) is 0 Å². The fourth-order valence-corrected chi connectivity index (χ4v) is 2.33. The van der Waals surface area contributed by atoms with Crippen LogP contribution in [0.1, 0.15) is 31.4 Å². The minimum absolute atomic E-state index is 0.943. The first kappa shape index (κ1) is 13.8. The Balaban J connectivity index is 2.23. The molecule has 0 unspecified atom stereocenters. The van der Waals surface area contributed by atoms with Crippen molar-refractivity contribution in [3.63, 3.8) is 0 Å². The third kappa shape index (κ3) is 3.93. The predicted octanol–water partition coefficient (Wildman–Crippen LogP) is 4.42. The van der Waals surface area contributed by atoms with Crippen molar-refractivity contribution in [1.82, 2.24) is 5.32 Å². The summed E-state index contributed by atoms with van der Waals surface area (Å²) in [6.07, 6.45) is 2.36. The topological polar surface area (TPSA) is 12.0 Å². The highest BCUT2D eigenvalue weighted by atomic mass is 14.8. The van der Waals surface area contributed by atoms with Crippen molar-refractivity contribution >= 4 is 0 Å². The second kappa shape index (κ2) is 7.10. The van der Waals surface area contributed by atoms with Gasteiger partial charge in [-0.1, -0.05) is 62.7 Å². The molecule has 0 aromatic heterocycles. The highest BCUT2D eigenvalue weighted by Crippen LogP contribution is 2.22. The molecular formula is C18H23N. The molecule has 100 valence electrons. The third-order valence-electron chi connectivity index (χ3n) is 3.31. The standard InChI is InChI=1S/C18H23N/c1-3-7-15-8-5-10-17(12-15)18-11-6-9-16(13-18)14-19-4-2/h5-6,8-13,19H,3-4,7,14H2,1-2H3. The molecule has 1 N–H and O–H groups in total. The van der Waals surface area contributed by atoms with Gasteiger partial charge in [0.15, 0.2) is 0 Å². The van der Waals surface area contributed by atoms with Crippen molar-refractivity contribution in [3.05, 3.63) is 59.7 Å². The van der Waals surface area contributed by atoms with Crippen molar-refractivity contribution in [3.8, 4) is 11.1 Å². The molecule has 0 aliphatic carbocycles. The average Bonchev–Trinajstić information content (AvgIpc) is 2.46. The van der Waals surface area contributed by atoms with Gasteiger partial charge in [-0.2, -0.15) is 0 Å². The smallest absolute Gasteiger partial charge is 0.0205 e. The van der Waals surface area contributed by atoms with Gasteiger partial charge in [-0.05, 0) is 41.3 Å². The van der Waals surface area contributed by atoms with E-state index in [1.54, 1.807) is 0 Å². The summed E-state index contributed by atoms with van der Waals surface area (Å²) in [7, 11) is 0. The lowest BCUT2D eigenvalue weighted by Gasteiger charge is -2.08. The van der Waals surface area contributed by atoms with Gasteiger partial charge in [0, 0.05) is 6.54 Å². The third-order valence-corrected chi connectivity index (χ3v) is 3.31. The summed E-state index contributed by atoms with van der Waals surface area (Å²) >= 11 is 0. The molecule has 0 heterocycles. The van der Waals surface area contributed by atoms with Crippen LogP contribution in [-0.2, 0) is 13.0 Å². The van der Waals surface area contributed by atoms with Crippen LogP contribution in [0.5, 0.6) is 0 Å². The molecular weight excluding hydrogens is 230 g/mol. The molecule has 1 nitrogen and oxygen atoms in total. The van der Waals surface area contributed by atoms with Crippen LogP contribution in [0.15, 0.2) is 48.5 Å². The van der Waals surface area contributed by atoms with E-state index in [9.17, 15) is 0 Å². The van der Waals surface area contributed by atoms with Crippen LogP contribution in [0, 0.1) is 0 Å². The van der Waals surface area contributed by atoms with E-state index >= 15 is 0 Å². The molecule has 0 fully saturated rings. The SMILES string of the molecule is CCCc1cccc(-c2cccc(CNCC)c2)c1. The zero-order chi connectivity index (χ0) is 13.5. The van der Waals surface area contributed by atoms with Crippen molar-refractivity contribution < 1.29 is 0 Å². The van der Waals surface area contributed by atoms with Crippen LogP contribution in [0.4, 0.5) is 0 Å². The van der Waals surface area contributed by atoms with Gasteiger partial charge in [-0.25, -0.2) is 0 Å². The van der Waals surface area contributed by atoms with Gasteiger partial charge in [0.2, 0.25) is 0 Å². The summed E-state index contributed by atoms with van der Waals surface area (Å²) in [6.45, 7) is 6.32. The minimum atomic E-state index is 0.943. The Kier molecular flexibility index (Phi) is 5.17. The lowest BCUT2D eigenvalue weighted by Crippen LogP contribution is -2.11. The molecule has 0 aliphatic rings. The van der Waals surface area contributed by atoms with Crippen LogP contribution in [0.3, 0.4) is 0 Å². The Bertz CT molecular complexity index is 517. The zero-order valence-electron chi connectivity index (χ0n) is 11.9. The van der Waals surface area contributed by atoms with Crippen molar-refractivity contribution in [1.29, 1.82) is 0 Å². The Morgan fingerprint density at radius 1 is 0.842 bits per heavy atom. The first-order valence-corrected chi connectivity index (χ1v) is 7.22. The van der Waals surface area contributed by atoms with E-state index in [4.69, 9.17) is 0 Å². The zero-order valence-corrected chi connectivity index (χ0v) is 11.9. The summed E-state index contributed by atoms with van der Waals surface area (Å²) in [5, 5.41) is 3.37. The molecule has 0 aliphatic heterocycles. The fraction of sp³-hybridized carbons (Fsp3) is 0.333. The van der Waals surface area contributed by atoms with E-state index in [2.05, 4.69) is 67.7 Å². The van der Waals surface area contributed by atoms with Crippen molar-refractivity contribution in [2.45, 2.75) is 33.2 Å². The summed E-state index contributed by atoms with van der Waals surface area (Å²) in [4.78, 5) is 0. The van der Waals surface area contributed by atoms with Gasteiger partial charge in [0.1, 0.15) is 0 Å². The number of aryl methyl sites for hydroxylation is 1. The first-order valence-electron chi connectivity index (χ1n) is 7.22. The van der Waals surface area contributed by atoms with Crippen molar-refractivity contribution in [2.75, 3.05) is 6.54 Å². The molecule has 0 amide bonds. The summed E-state index contributed by atoms with van der Waals surface area (Å²) in [6, 6.07) is 17.7. The van der Waals surface area contributed by atoms with Gasteiger partial charge < -0.3 is 5.32 Å². The van der Waals surface area contributed by atoms with Gasteiger partial charge >= 0.3 is 0 Å². The molecule has 0 bridgehead atoms. The summed E-state index contributed by atoms with van der Waals surface area (Å²) in [5.74, 6) is 0. The van der Waals surface area contributed by atoms with E-state index < -0.39 is 0 Å². The first-order chi connectivity index (χ1) is 9.33. The van der Waals surface area contributed by atoms with E-state index in [1.165, 1.54) is 28.7 Å². The number of benzene rings is 2. The van der Waals surface area contributed by atoms with E-state index in [0.717, 1.165) is 19.5 Å². The molecule has 2 aromatic rings. The lowest BCUT2D eigenvalue weighted by atomic mass is 9.99. The van der Waals surface area contributed by atoms with E-state index in [0.29, 0.717) is 0 Å². The number of hydrogen-bond acceptors (Lipinski definition) is 1. The monoisotopic (exact) mass is 253 g/mol. The number of nitrogens with one attached hydrogen (secondary N) is 1. The van der Waals surface area contributed by atoms with Crippen LogP contribution in [0.25, 0.3) is 11.1 Å². The summed E-state index contributed by atoms with van der Waals surface area (Å²) < 4.78 is 0. The summed E-state index contributed by atoms with van der Waals surface area (Å²) in [5.41, 5.74) is 5.41. The number of rotatable bonds is 6. The maximum Gasteiger partial charge on any atom is 0.0205 e. The normalized spacial score (nSPS) is 10.6. The molecule has 2 rings (SSSR count). The van der Waals surface area contributed by atoms with Crippen LogP contribution in [-0.4, -0.2) is 6.54 Å². The Morgan fingerprint density at radius 2 is 1.47 bits per heavy atom. The lowest BCUT2D eigenvalue weighted by molar-refractivity contribution is 0.727. The van der Waals surface area contributed by atoms with Crippen molar-refractivity contribution in [2.24, 2.45) is 0 Å². The predicted molar refractivity (Wildman–Crippen MR) is 83.3 cm³/mol. The minimum Gasteiger partial charge on any atom is -0.313 e. The highest BCUT2D eigenvalue weighted by Gasteiger charge is 2.00. The molecule has 0 saturated carbocycles. The Hall–Kier alpha value is -1.60. The second-order valence-corrected chi connectivity index (χ2v) is 4.93. The van der Waals surface area contributed by atoms with Gasteiger partial charge in [-0.15, -0.1) is 0 Å². The average molecular weight is 253 g/mol. The Morgan fingerprint density at radius 3 is 2.11 bits per heavy atom. The maximum absolute atomic E-state index is 3.37. The molecule has 0 spiro atoms. The Labute approximate surface area is 116 Å². The molecule has 2 aromatic carbocycles. The fourth-order valence-electron chi connectivity index (χ4n) is 2.33.